The number of thiocyanates is 1. The topological polar surface area (TPSA) is 71.5 Å². The second-order valence-electron chi connectivity index (χ2n) is 1.72. The fraction of sp³-hybridized carbons (Fsp3) is 0. The van der Waals surface area contributed by atoms with Crippen molar-refractivity contribution in [2.75, 3.05) is 0 Å². The smallest absolute Gasteiger partial charge is 0.211 e. The molecule has 9 heteroatoms. The molecule has 0 amide bonds. The quantitative estimate of drug-likeness (QED) is 0.476. The van der Waals surface area contributed by atoms with Gasteiger partial charge in [-0.2, -0.15) is 10.5 Å². The van der Waals surface area contributed by atoms with Gasteiger partial charge in [0.15, 0.2) is 4.36 Å². The number of halogens is 4. The summed E-state index contributed by atoms with van der Waals surface area (Å²) in [5.41, 5.74) is -0.500. The zero-order chi connectivity index (χ0) is 11.3. The second-order valence-corrected chi connectivity index (χ2v) is 4.45. The SMILES string of the molecule is N#CS/C(Cl)=C(/C(Cl)=C(Cl)Cl)[NH+]([O-])O. The summed E-state index contributed by atoms with van der Waals surface area (Å²) in [6.45, 7) is 0. The van der Waals surface area contributed by atoms with Crippen molar-refractivity contribution in [3.05, 3.63) is 24.8 Å². The fourth-order valence-corrected chi connectivity index (χ4v) is 1.57. The van der Waals surface area contributed by atoms with Crippen LogP contribution in [0.4, 0.5) is 0 Å². The molecule has 0 aliphatic carbocycles. The third-order valence-electron chi connectivity index (χ3n) is 0.931. The molecule has 0 aliphatic rings. The van der Waals surface area contributed by atoms with E-state index in [1.54, 1.807) is 5.40 Å². The number of nitrogens with one attached hydrogen (secondary N) is 1. The van der Waals surface area contributed by atoms with E-state index in [-0.39, 0.29) is 4.36 Å². The summed E-state index contributed by atoms with van der Waals surface area (Å²) in [6.07, 6.45) is 0. The Bertz CT molecular complexity index is 318. The maximum absolute atomic E-state index is 10.7. The molecule has 0 bridgehead atoms. The summed E-state index contributed by atoms with van der Waals surface area (Å²) >= 11 is 22.0. The predicted molar refractivity (Wildman–Crippen MR) is 56.8 cm³/mol. The fourth-order valence-electron chi connectivity index (χ4n) is 0.450. The first-order chi connectivity index (χ1) is 6.41. The van der Waals surface area contributed by atoms with Gasteiger partial charge in [-0.3, -0.25) is 0 Å². The largest absolute Gasteiger partial charge is 0.595 e. The normalized spacial score (nSPS) is 14.1. The summed E-state index contributed by atoms with van der Waals surface area (Å²) in [5.74, 6) is 0. The van der Waals surface area contributed by atoms with E-state index in [9.17, 15) is 5.21 Å². The van der Waals surface area contributed by atoms with Gasteiger partial charge in [0.05, 0.1) is 0 Å². The number of quaternary nitrogens is 1. The molecule has 0 radical (unpaired) electrons. The van der Waals surface area contributed by atoms with Crippen LogP contribution in [0.25, 0.3) is 0 Å². The number of hydrogen-bond acceptors (Lipinski definition) is 4. The first kappa shape index (κ1) is 14.4. The molecular formula is C5H2Cl4N2O2S. The van der Waals surface area contributed by atoms with Crippen molar-refractivity contribution < 1.29 is 10.4 Å². The highest BCUT2D eigenvalue weighted by molar-refractivity contribution is 8.08. The van der Waals surface area contributed by atoms with Crippen LogP contribution in [0, 0.1) is 15.9 Å². The van der Waals surface area contributed by atoms with Crippen molar-refractivity contribution in [2.24, 2.45) is 0 Å². The minimum absolute atomic E-state index is 0.302. The molecule has 4 nitrogen and oxygen atoms in total. The number of nitriles is 1. The van der Waals surface area contributed by atoms with Crippen molar-refractivity contribution in [3.63, 3.8) is 0 Å². The minimum Gasteiger partial charge on any atom is -0.595 e. The minimum atomic E-state index is -1.42. The van der Waals surface area contributed by atoms with E-state index in [4.69, 9.17) is 56.9 Å². The van der Waals surface area contributed by atoms with Crippen molar-refractivity contribution in [2.45, 2.75) is 0 Å². The van der Waals surface area contributed by atoms with Crippen LogP contribution in [0.5, 0.6) is 0 Å². The van der Waals surface area contributed by atoms with Gasteiger partial charge in [-0.05, 0) is 0 Å². The third-order valence-corrected chi connectivity index (χ3v) is 2.78. The number of allylic oxidation sites excluding steroid dienone is 1. The summed E-state index contributed by atoms with van der Waals surface area (Å²) in [7, 11) is 0. The van der Waals surface area contributed by atoms with Gasteiger partial charge in [0.25, 0.3) is 0 Å². The highest BCUT2D eigenvalue weighted by Gasteiger charge is 2.19. The molecule has 0 aromatic heterocycles. The van der Waals surface area contributed by atoms with E-state index in [0.717, 1.165) is 0 Å². The molecule has 0 aromatic rings. The van der Waals surface area contributed by atoms with Gasteiger partial charge in [-0.15, -0.1) is 0 Å². The van der Waals surface area contributed by atoms with Crippen molar-refractivity contribution >= 4 is 58.2 Å². The van der Waals surface area contributed by atoms with Gasteiger partial charge in [0, 0.05) is 11.8 Å². The Morgan fingerprint density at radius 3 is 2.14 bits per heavy atom. The van der Waals surface area contributed by atoms with Gasteiger partial charge in [-0.25, -0.2) is 5.21 Å². The van der Waals surface area contributed by atoms with Crippen LogP contribution in [0.15, 0.2) is 19.6 Å². The molecule has 0 heterocycles. The Hall–Kier alpha value is 0.360. The van der Waals surface area contributed by atoms with E-state index in [2.05, 4.69) is 0 Å². The van der Waals surface area contributed by atoms with Crippen LogP contribution in [0.1, 0.15) is 0 Å². The molecule has 2 N–H and O–H groups in total. The highest BCUT2D eigenvalue weighted by Crippen LogP contribution is 2.29. The zero-order valence-corrected chi connectivity index (χ0v) is 10.1. The highest BCUT2D eigenvalue weighted by atomic mass is 35.5. The van der Waals surface area contributed by atoms with E-state index in [1.165, 1.54) is 0 Å². The molecular weight excluding hydrogens is 294 g/mol. The molecule has 0 fully saturated rings. The lowest BCUT2D eigenvalue weighted by Crippen LogP contribution is -3.02. The lowest BCUT2D eigenvalue weighted by Gasteiger charge is -2.15. The van der Waals surface area contributed by atoms with Crippen LogP contribution in [0.2, 0.25) is 0 Å². The number of hydroxylamine groups is 2. The average Bonchev–Trinajstić information content (AvgIpc) is 2.03. The van der Waals surface area contributed by atoms with Crippen molar-refractivity contribution in [1.82, 2.24) is 0 Å². The molecule has 14 heavy (non-hydrogen) atoms. The molecule has 78 valence electrons. The number of nitrogens with zero attached hydrogens (tertiary/aromatic N) is 1. The van der Waals surface area contributed by atoms with Gasteiger partial charge in [0.2, 0.25) is 5.70 Å². The maximum atomic E-state index is 10.7. The third kappa shape index (κ3) is 4.26. The Labute approximate surface area is 104 Å². The van der Waals surface area contributed by atoms with Crippen LogP contribution < -0.4 is 5.23 Å². The lowest BCUT2D eigenvalue weighted by molar-refractivity contribution is -1.01. The molecule has 1 atom stereocenters. The van der Waals surface area contributed by atoms with E-state index >= 15 is 0 Å². The molecule has 1 unspecified atom stereocenters. The second kappa shape index (κ2) is 6.77. The van der Waals surface area contributed by atoms with Crippen LogP contribution in [-0.4, -0.2) is 5.21 Å². The lowest BCUT2D eigenvalue weighted by atomic mass is 10.5. The Balaban J connectivity index is 5.28. The number of thioether (sulfide) groups is 1. The first-order valence-corrected chi connectivity index (χ1v) is 5.14. The summed E-state index contributed by atoms with van der Waals surface area (Å²) < 4.78 is -0.732. The number of hydrogen-bond donors (Lipinski definition) is 2. The molecule has 0 rings (SSSR count). The zero-order valence-electron chi connectivity index (χ0n) is 6.22. The van der Waals surface area contributed by atoms with Crippen molar-refractivity contribution in [1.29, 1.82) is 5.26 Å². The van der Waals surface area contributed by atoms with Gasteiger partial charge in [0.1, 0.15) is 14.9 Å². The van der Waals surface area contributed by atoms with E-state index < -0.39 is 20.4 Å². The van der Waals surface area contributed by atoms with E-state index in [1.807, 2.05) is 0 Å². The standard InChI is InChI=1S/C5H2Cl4N2O2S/c6-2(4(7)8)3(11(12)13)5(9)14-1-10/h11-12H/b5-3-. The molecule has 0 spiro atoms. The Kier molecular flexibility index (Phi) is 6.95. The molecule has 0 aromatic carbocycles. The Morgan fingerprint density at radius 1 is 1.36 bits per heavy atom. The molecule has 0 saturated carbocycles. The molecule has 0 saturated heterocycles. The monoisotopic (exact) mass is 294 g/mol. The molecule has 0 aliphatic heterocycles. The maximum Gasteiger partial charge on any atom is 0.211 e. The van der Waals surface area contributed by atoms with Gasteiger partial charge < -0.3 is 5.21 Å². The average molecular weight is 296 g/mol. The Morgan fingerprint density at radius 2 is 1.86 bits per heavy atom. The summed E-state index contributed by atoms with van der Waals surface area (Å²) in [6, 6.07) is 0. The summed E-state index contributed by atoms with van der Waals surface area (Å²) in [5, 5.41) is 27.4. The van der Waals surface area contributed by atoms with Crippen LogP contribution >= 0.6 is 58.2 Å². The predicted octanol–water partition coefficient (Wildman–Crippen LogP) is 2.27. The van der Waals surface area contributed by atoms with Gasteiger partial charge >= 0.3 is 0 Å². The number of rotatable bonds is 3. The summed E-state index contributed by atoms with van der Waals surface area (Å²) in [4.78, 5) is 0. The van der Waals surface area contributed by atoms with Crippen LogP contribution in [-0.2, 0) is 0 Å². The van der Waals surface area contributed by atoms with Crippen molar-refractivity contribution in [3.8, 4) is 5.40 Å². The van der Waals surface area contributed by atoms with Crippen LogP contribution in [0.3, 0.4) is 0 Å². The van der Waals surface area contributed by atoms with E-state index in [0.29, 0.717) is 11.8 Å². The van der Waals surface area contributed by atoms with Gasteiger partial charge in [-0.1, -0.05) is 46.4 Å². The first-order valence-electron chi connectivity index (χ1n) is 2.82.